The van der Waals surface area contributed by atoms with Gasteiger partial charge in [0.1, 0.15) is 0 Å². The van der Waals surface area contributed by atoms with Crippen molar-refractivity contribution in [1.82, 2.24) is 0 Å². The fourth-order valence-electron chi connectivity index (χ4n) is 1.67. The predicted octanol–water partition coefficient (Wildman–Crippen LogP) is 2.65. The van der Waals surface area contributed by atoms with Crippen LogP contribution in [-0.2, 0) is 9.53 Å². The van der Waals surface area contributed by atoms with Crippen LogP contribution in [0.25, 0.3) is 6.08 Å². The summed E-state index contributed by atoms with van der Waals surface area (Å²) < 4.78 is 4.89. The summed E-state index contributed by atoms with van der Waals surface area (Å²) in [5, 5.41) is 0. The molecule has 78 valence electrons. The summed E-state index contributed by atoms with van der Waals surface area (Å²) in [4.78, 5) is 11.0. The molecule has 2 rings (SSSR count). The molecule has 15 heavy (non-hydrogen) atoms. The van der Waals surface area contributed by atoms with E-state index in [0.717, 1.165) is 6.42 Å². The van der Waals surface area contributed by atoms with Crippen LogP contribution < -0.4 is 0 Å². The van der Waals surface area contributed by atoms with Crippen molar-refractivity contribution >= 4 is 12.0 Å². The van der Waals surface area contributed by atoms with Crippen molar-refractivity contribution in [2.24, 2.45) is 5.92 Å². The Labute approximate surface area is 89.6 Å². The third-order valence-electron chi connectivity index (χ3n) is 2.54. The first-order valence-electron chi connectivity index (χ1n) is 5.23. The van der Waals surface area contributed by atoms with Crippen LogP contribution in [0.15, 0.2) is 36.4 Å². The number of cyclic esters (lactones) is 1. The monoisotopic (exact) mass is 202 g/mol. The van der Waals surface area contributed by atoms with Crippen LogP contribution >= 0.6 is 0 Å². The van der Waals surface area contributed by atoms with E-state index in [0.29, 0.717) is 18.9 Å². The van der Waals surface area contributed by atoms with Crippen molar-refractivity contribution < 1.29 is 9.53 Å². The Morgan fingerprint density at radius 3 is 2.80 bits per heavy atom. The Balaban J connectivity index is 1.96. The van der Waals surface area contributed by atoms with E-state index < -0.39 is 0 Å². The fraction of sp³-hybridized carbons (Fsp3) is 0.308. The second-order valence-corrected chi connectivity index (χ2v) is 3.74. The second kappa shape index (κ2) is 4.78. The van der Waals surface area contributed by atoms with Gasteiger partial charge in [0.25, 0.3) is 0 Å². The van der Waals surface area contributed by atoms with E-state index in [9.17, 15) is 4.79 Å². The molecule has 0 saturated carbocycles. The summed E-state index contributed by atoms with van der Waals surface area (Å²) in [5.74, 6) is 0.260. The lowest BCUT2D eigenvalue weighted by atomic mass is 9.98. The second-order valence-electron chi connectivity index (χ2n) is 3.74. The molecular weight excluding hydrogens is 188 g/mol. The number of allylic oxidation sites excluding steroid dienone is 1. The molecule has 1 heterocycles. The Morgan fingerprint density at radius 1 is 1.27 bits per heavy atom. The van der Waals surface area contributed by atoms with E-state index >= 15 is 0 Å². The van der Waals surface area contributed by atoms with Crippen LogP contribution in [0.1, 0.15) is 18.4 Å². The highest BCUT2D eigenvalue weighted by Gasteiger charge is 2.17. The number of hydrogen-bond acceptors (Lipinski definition) is 2. The van der Waals surface area contributed by atoms with Gasteiger partial charge in [-0.1, -0.05) is 42.5 Å². The fourth-order valence-corrected chi connectivity index (χ4v) is 1.67. The van der Waals surface area contributed by atoms with Crippen molar-refractivity contribution in [2.75, 3.05) is 6.61 Å². The number of rotatable bonds is 2. The molecule has 0 radical (unpaired) electrons. The van der Waals surface area contributed by atoms with Crippen molar-refractivity contribution in [1.29, 1.82) is 0 Å². The lowest BCUT2D eigenvalue weighted by Gasteiger charge is -2.17. The summed E-state index contributed by atoms with van der Waals surface area (Å²) in [6.07, 6.45) is 5.64. The minimum atomic E-state index is -0.0797. The number of ether oxygens (including phenoxy) is 1. The molecule has 0 aromatic heterocycles. The molecular formula is C13H14O2. The van der Waals surface area contributed by atoms with Crippen LogP contribution in [0.3, 0.4) is 0 Å². The first kappa shape index (κ1) is 9.97. The highest BCUT2D eigenvalue weighted by molar-refractivity contribution is 5.71. The zero-order chi connectivity index (χ0) is 10.5. The molecule has 1 aromatic rings. The average molecular weight is 202 g/mol. The minimum Gasteiger partial charge on any atom is -0.466 e. The number of benzene rings is 1. The largest absolute Gasteiger partial charge is 0.466 e. The van der Waals surface area contributed by atoms with Crippen molar-refractivity contribution in [2.45, 2.75) is 12.8 Å². The maximum absolute atomic E-state index is 11.0. The van der Waals surface area contributed by atoms with E-state index in [1.165, 1.54) is 5.56 Å². The van der Waals surface area contributed by atoms with Gasteiger partial charge in [-0.25, -0.2) is 0 Å². The van der Waals surface area contributed by atoms with Gasteiger partial charge in [0.2, 0.25) is 0 Å². The summed E-state index contributed by atoms with van der Waals surface area (Å²) >= 11 is 0. The zero-order valence-electron chi connectivity index (χ0n) is 8.56. The van der Waals surface area contributed by atoms with Crippen molar-refractivity contribution in [3.05, 3.63) is 42.0 Å². The van der Waals surface area contributed by atoms with Gasteiger partial charge in [-0.05, 0) is 17.9 Å². The SMILES string of the molecule is O=C1C[C@H](/C=C/c2ccccc2)CCO1. The van der Waals surface area contributed by atoms with Crippen LogP contribution in [0, 0.1) is 5.92 Å². The maximum Gasteiger partial charge on any atom is 0.306 e. The topological polar surface area (TPSA) is 26.3 Å². The summed E-state index contributed by atoms with van der Waals surface area (Å²) in [7, 11) is 0. The molecule has 1 atom stereocenters. The highest BCUT2D eigenvalue weighted by atomic mass is 16.5. The zero-order valence-corrected chi connectivity index (χ0v) is 8.56. The Hall–Kier alpha value is -1.57. The van der Waals surface area contributed by atoms with Gasteiger partial charge < -0.3 is 4.74 Å². The normalized spacial score (nSPS) is 21.6. The van der Waals surface area contributed by atoms with Crippen LogP contribution in [0.2, 0.25) is 0 Å². The van der Waals surface area contributed by atoms with Gasteiger partial charge in [0, 0.05) is 0 Å². The van der Waals surface area contributed by atoms with E-state index in [2.05, 4.69) is 24.3 Å². The van der Waals surface area contributed by atoms with Crippen LogP contribution in [0.4, 0.5) is 0 Å². The first-order valence-corrected chi connectivity index (χ1v) is 5.23. The molecule has 0 bridgehead atoms. The van der Waals surface area contributed by atoms with E-state index in [4.69, 9.17) is 4.74 Å². The van der Waals surface area contributed by atoms with Crippen LogP contribution in [-0.4, -0.2) is 12.6 Å². The smallest absolute Gasteiger partial charge is 0.306 e. The number of esters is 1. The Kier molecular flexibility index (Phi) is 3.18. The molecule has 0 aliphatic carbocycles. The van der Waals surface area contributed by atoms with E-state index in [-0.39, 0.29) is 5.97 Å². The minimum absolute atomic E-state index is 0.0797. The molecule has 1 saturated heterocycles. The van der Waals surface area contributed by atoms with E-state index in [1.807, 2.05) is 18.2 Å². The molecule has 1 aliphatic rings. The third kappa shape index (κ3) is 2.94. The molecule has 0 amide bonds. The first-order chi connectivity index (χ1) is 7.34. The molecule has 0 spiro atoms. The summed E-state index contributed by atoms with van der Waals surface area (Å²) in [6, 6.07) is 10.1. The van der Waals surface area contributed by atoms with Crippen molar-refractivity contribution in [3.63, 3.8) is 0 Å². The van der Waals surface area contributed by atoms with Gasteiger partial charge in [0.05, 0.1) is 13.0 Å². The molecule has 2 nitrogen and oxygen atoms in total. The number of carbonyl (C=O) groups excluding carboxylic acids is 1. The van der Waals surface area contributed by atoms with Crippen LogP contribution in [0.5, 0.6) is 0 Å². The number of carbonyl (C=O) groups is 1. The summed E-state index contributed by atoms with van der Waals surface area (Å²) in [5.41, 5.74) is 1.18. The summed E-state index contributed by atoms with van der Waals surface area (Å²) in [6.45, 7) is 0.558. The molecule has 1 fully saturated rings. The molecule has 2 heteroatoms. The Morgan fingerprint density at radius 2 is 2.07 bits per heavy atom. The molecule has 1 aromatic carbocycles. The molecule has 0 N–H and O–H groups in total. The standard InChI is InChI=1S/C13H14O2/c14-13-10-12(8-9-15-13)7-6-11-4-2-1-3-5-11/h1-7,12H,8-10H2/b7-6+/t12-/m1/s1. The third-order valence-corrected chi connectivity index (χ3v) is 2.54. The lowest BCUT2D eigenvalue weighted by molar-refractivity contribution is -0.148. The quantitative estimate of drug-likeness (QED) is 0.689. The average Bonchev–Trinajstić information content (AvgIpc) is 2.28. The van der Waals surface area contributed by atoms with Crippen molar-refractivity contribution in [3.8, 4) is 0 Å². The van der Waals surface area contributed by atoms with Gasteiger partial charge in [-0.15, -0.1) is 0 Å². The lowest BCUT2D eigenvalue weighted by Crippen LogP contribution is -2.19. The highest BCUT2D eigenvalue weighted by Crippen LogP contribution is 2.18. The maximum atomic E-state index is 11.0. The molecule has 1 aliphatic heterocycles. The van der Waals surface area contributed by atoms with Gasteiger partial charge in [-0.3, -0.25) is 4.79 Å². The van der Waals surface area contributed by atoms with E-state index in [1.54, 1.807) is 0 Å². The van der Waals surface area contributed by atoms with Gasteiger partial charge >= 0.3 is 5.97 Å². The van der Waals surface area contributed by atoms with Gasteiger partial charge in [0.15, 0.2) is 0 Å². The Bertz CT molecular complexity index is 354. The number of hydrogen-bond donors (Lipinski definition) is 0. The molecule has 0 unspecified atom stereocenters. The van der Waals surface area contributed by atoms with Gasteiger partial charge in [-0.2, -0.15) is 0 Å². The predicted molar refractivity (Wildman–Crippen MR) is 59.2 cm³/mol.